The minimum Gasteiger partial charge on any atom is -0.316 e. The van der Waals surface area contributed by atoms with Gasteiger partial charge in [-0.25, -0.2) is 4.98 Å². The molecular formula is C12H16N2S2. The molecule has 0 aliphatic carbocycles. The van der Waals surface area contributed by atoms with Crippen LogP contribution in [0.5, 0.6) is 0 Å². The summed E-state index contributed by atoms with van der Waals surface area (Å²) in [6, 6.07) is 4.79. The van der Waals surface area contributed by atoms with Crippen LogP contribution in [0.25, 0.3) is 0 Å². The van der Waals surface area contributed by atoms with Crippen molar-refractivity contribution in [1.29, 1.82) is 0 Å². The van der Waals surface area contributed by atoms with Crippen LogP contribution in [0, 0.1) is 6.92 Å². The van der Waals surface area contributed by atoms with Crippen LogP contribution in [0.4, 0.5) is 0 Å². The third kappa shape index (κ3) is 3.14. The van der Waals surface area contributed by atoms with Crippen LogP contribution in [-0.2, 0) is 12.8 Å². The van der Waals surface area contributed by atoms with Crippen molar-refractivity contribution in [2.24, 2.45) is 0 Å². The van der Waals surface area contributed by atoms with Crippen molar-refractivity contribution in [2.75, 3.05) is 7.05 Å². The van der Waals surface area contributed by atoms with E-state index in [0.29, 0.717) is 6.04 Å². The fourth-order valence-corrected chi connectivity index (χ4v) is 3.11. The smallest absolute Gasteiger partial charge is 0.0897 e. The van der Waals surface area contributed by atoms with E-state index in [1.54, 1.807) is 11.3 Å². The van der Waals surface area contributed by atoms with Gasteiger partial charge < -0.3 is 5.32 Å². The molecule has 1 N–H and O–H groups in total. The summed E-state index contributed by atoms with van der Waals surface area (Å²) in [7, 11) is 2.03. The van der Waals surface area contributed by atoms with E-state index in [1.165, 1.54) is 10.6 Å². The van der Waals surface area contributed by atoms with Gasteiger partial charge in [-0.15, -0.1) is 22.7 Å². The summed E-state index contributed by atoms with van der Waals surface area (Å²) in [5, 5.41) is 8.82. The van der Waals surface area contributed by atoms with E-state index < -0.39 is 0 Å². The summed E-state index contributed by atoms with van der Waals surface area (Å²) in [5.74, 6) is 0. The summed E-state index contributed by atoms with van der Waals surface area (Å²) in [6.45, 7) is 2.06. The Balaban J connectivity index is 1.95. The first-order chi connectivity index (χ1) is 7.78. The molecule has 0 saturated carbocycles. The van der Waals surface area contributed by atoms with Crippen LogP contribution in [-0.4, -0.2) is 18.1 Å². The molecule has 0 bridgehead atoms. The van der Waals surface area contributed by atoms with E-state index in [9.17, 15) is 0 Å². The highest BCUT2D eigenvalue weighted by Gasteiger charge is 2.10. The van der Waals surface area contributed by atoms with E-state index in [2.05, 4.69) is 40.1 Å². The van der Waals surface area contributed by atoms with Crippen molar-refractivity contribution < 1.29 is 0 Å². The Morgan fingerprint density at radius 3 is 2.81 bits per heavy atom. The van der Waals surface area contributed by atoms with Crippen molar-refractivity contribution >= 4 is 22.7 Å². The average molecular weight is 252 g/mol. The molecular weight excluding hydrogens is 236 g/mol. The summed E-state index contributed by atoms with van der Waals surface area (Å²) in [6.07, 6.45) is 2.10. The molecule has 0 aliphatic heterocycles. The quantitative estimate of drug-likeness (QED) is 0.885. The zero-order chi connectivity index (χ0) is 11.4. The number of hydrogen-bond acceptors (Lipinski definition) is 4. The van der Waals surface area contributed by atoms with E-state index in [-0.39, 0.29) is 0 Å². The largest absolute Gasteiger partial charge is 0.316 e. The summed E-state index contributed by atoms with van der Waals surface area (Å²) < 4.78 is 0. The minimum absolute atomic E-state index is 0.486. The van der Waals surface area contributed by atoms with Gasteiger partial charge in [-0.05, 0) is 31.8 Å². The minimum atomic E-state index is 0.486. The molecule has 0 aliphatic rings. The molecule has 1 atom stereocenters. The molecule has 86 valence electrons. The van der Waals surface area contributed by atoms with Gasteiger partial charge in [-0.1, -0.05) is 6.07 Å². The molecule has 2 rings (SSSR count). The average Bonchev–Trinajstić information content (AvgIpc) is 2.89. The normalized spacial score (nSPS) is 12.9. The van der Waals surface area contributed by atoms with Gasteiger partial charge in [0, 0.05) is 22.7 Å². The Morgan fingerprint density at radius 2 is 2.25 bits per heavy atom. The predicted octanol–water partition coefficient (Wildman–Crippen LogP) is 2.89. The van der Waals surface area contributed by atoms with Crippen LogP contribution in [0.15, 0.2) is 22.9 Å². The molecule has 0 aromatic carbocycles. The maximum absolute atomic E-state index is 4.51. The lowest BCUT2D eigenvalue weighted by Crippen LogP contribution is -2.29. The van der Waals surface area contributed by atoms with Gasteiger partial charge in [-0.3, -0.25) is 0 Å². The number of rotatable bonds is 5. The van der Waals surface area contributed by atoms with Crippen LogP contribution in [0.3, 0.4) is 0 Å². The lowest BCUT2D eigenvalue weighted by Gasteiger charge is -2.13. The molecule has 2 aromatic rings. The van der Waals surface area contributed by atoms with E-state index in [0.717, 1.165) is 17.8 Å². The Morgan fingerprint density at radius 1 is 1.38 bits per heavy atom. The first-order valence-electron chi connectivity index (χ1n) is 5.38. The van der Waals surface area contributed by atoms with Gasteiger partial charge in [0.2, 0.25) is 0 Å². The first kappa shape index (κ1) is 11.8. The molecule has 0 amide bonds. The molecule has 1 unspecified atom stereocenters. The first-order valence-corrected chi connectivity index (χ1v) is 7.14. The van der Waals surface area contributed by atoms with E-state index in [1.807, 2.05) is 18.4 Å². The fraction of sp³-hybridized carbons (Fsp3) is 0.417. The highest BCUT2D eigenvalue weighted by Crippen LogP contribution is 2.15. The molecule has 0 fully saturated rings. The van der Waals surface area contributed by atoms with Crippen LogP contribution in [0.2, 0.25) is 0 Å². The number of hydrogen-bond donors (Lipinski definition) is 1. The predicted molar refractivity (Wildman–Crippen MR) is 71.4 cm³/mol. The standard InChI is InChI=1S/C12H16N2S2/c1-9-14-11(8-16-9)6-10(13-2)7-12-4-3-5-15-12/h3-5,8,10,13H,6-7H2,1-2H3. The van der Waals surface area contributed by atoms with E-state index >= 15 is 0 Å². The number of aryl methyl sites for hydroxylation is 1. The van der Waals surface area contributed by atoms with Crippen LogP contribution in [0.1, 0.15) is 15.6 Å². The van der Waals surface area contributed by atoms with Gasteiger partial charge in [0.15, 0.2) is 0 Å². The maximum atomic E-state index is 4.51. The summed E-state index contributed by atoms with van der Waals surface area (Å²) >= 11 is 3.55. The second-order valence-corrected chi connectivity index (χ2v) is 5.93. The SMILES string of the molecule is CNC(Cc1csc(C)n1)Cc1cccs1. The lowest BCUT2D eigenvalue weighted by molar-refractivity contribution is 0.555. The van der Waals surface area contributed by atoms with Crippen molar-refractivity contribution in [3.05, 3.63) is 38.5 Å². The third-order valence-corrected chi connectivity index (χ3v) is 4.28. The second kappa shape index (κ2) is 5.57. The Labute approximate surface area is 104 Å². The van der Waals surface area contributed by atoms with Gasteiger partial charge in [-0.2, -0.15) is 0 Å². The Kier molecular flexibility index (Phi) is 4.09. The van der Waals surface area contributed by atoms with Gasteiger partial charge in [0.1, 0.15) is 0 Å². The molecule has 2 aromatic heterocycles. The van der Waals surface area contributed by atoms with Crippen LogP contribution >= 0.6 is 22.7 Å². The van der Waals surface area contributed by atoms with Crippen molar-refractivity contribution in [3.63, 3.8) is 0 Å². The fourth-order valence-electron chi connectivity index (χ4n) is 1.70. The molecule has 16 heavy (non-hydrogen) atoms. The number of thiophene rings is 1. The monoisotopic (exact) mass is 252 g/mol. The molecule has 2 nitrogen and oxygen atoms in total. The lowest BCUT2D eigenvalue weighted by atomic mass is 10.1. The van der Waals surface area contributed by atoms with Crippen molar-refractivity contribution in [2.45, 2.75) is 25.8 Å². The highest BCUT2D eigenvalue weighted by molar-refractivity contribution is 7.10. The second-order valence-electron chi connectivity index (χ2n) is 3.83. The Bertz CT molecular complexity index is 420. The zero-order valence-corrected chi connectivity index (χ0v) is 11.2. The molecule has 0 radical (unpaired) electrons. The van der Waals surface area contributed by atoms with Crippen molar-refractivity contribution in [1.82, 2.24) is 10.3 Å². The summed E-state index contributed by atoms with van der Waals surface area (Å²) in [5.41, 5.74) is 1.21. The number of nitrogens with one attached hydrogen (secondary N) is 1. The molecule has 4 heteroatoms. The summed E-state index contributed by atoms with van der Waals surface area (Å²) in [4.78, 5) is 5.95. The number of likely N-dealkylation sites (N-methyl/N-ethyl adjacent to an activating group) is 1. The topological polar surface area (TPSA) is 24.9 Å². The number of nitrogens with zero attached hydrogens (tertiary/aromatic N) is 1. The van der Waals surface area contributed by atoms with Gasteiger partial charge in [0.05, 0.1) is 10.7 Å². The van der Waals surface area contributed by atoms with E-state index in [4.69, 9.17) is 0 Å². The number of thiazole rings is 1. The Hall–Kier alpha value is -0.710. The van der Waals surface area contributed by atoms with Gasteiger partial charge in [0.25, 0.3) is 0 Å². The number of aromatic nitrogens is 1. The molecule has 0 saturated heterocycles. The molecule has 0 spiro atoms. The zero-order valence-electron chi connectivity index (χ0n) is 9.56. The van der Waals surface area contributed by atoms with Crippen LogP contribution < -0.4 is 5.32 Å². The van der Waals surface area contributed by atoms with Crippen molar-refractivity contribution in [3.8, 4) is 0 Å². The molecule has 2 heterocycles. The highest BCUT2D eigenvalue weighted by atomic mass is 32.1. The maximum Gasteiger partial charge on any atom is 0.0897 e. The third-order valence-electron chi connectivity index (χ3n) is 2.56. The van der Waals surface area contributed by atoms with Gasteiger partial charge >= 0.3 is 0 Å².